The lowest BCUT2D eigenvalue weighted by atomic mass is 10.1. The number of aryl methyl sites for hydroxylation is 2. The minimum Gasteiger partial charge on any atom is -0.493 e. The lowest BCUT2D eigenvalue weighted by Crippen LogP contribution is -2.05. The second-order valence-corrected chi connectivity index (χ2v) is 5.06. The molecule has 106 valence electrons. The summed E-state index contributed by atoms with van der Waals surface area (Å²) in [7, 11) is 0. The Bertz CT molecular complexity index is 522. The van der Waals surface area contributed by atoms with E-state index in [-0.39, 0.29) is 0 Å². The number of rotatable bonds is 7. The highest BCUT2D eigenvalue weighted by Gasteiger charge is 2.05. The molecule has 2 aromatic carbocycles. The van der Waals surface area contributed by atoms with Crippen LogP contribution >= 0.6 is 0 Å². The predicted octanol–water partition coefficient (Wildman–Crippen LogP) is 3.86. The molecule has 2 heteroatoms. The van der Waals surface area contributed by atoms with Crippen LogP contribution in [0.4, 0.5) is 0 Å². The van der Waals surface area contributed by atoms with Gasteiger partial charge in [0.2, 0.25) is 0 Å². The lowest BCUT2D eigenvalue weighted by Gasteiger charge is -2.13. The molecule has 0 fully saturated rings. The molecule has 0 heterocycles. The summed E-state index contributed by atoms with van der Waals surface area (Å²) in [6, 6.07) is 16.7. The van der Waals surface area contributed by atoms with Crippen LogP contribution in [-0.4, -0.2) is 6.61 Å². The number of para-hydroxylation sites is 1. The maximum Gasteiger partial charge on any atom is 0.126 e. The number of hydrogen-bond acceptors (Lipinski definition) is 2. The molecule has 0 atom stereocenters. The maximum absolute atomic E-state index is 5.92. The Morgan fingerprint density at radius 2 is 1.75 bits per heavy atom. The van der Waals surface area contributed by atoms with Crippen molar-refractivity contribution in [2.45, 2.75) is 32.7 Å². The maximum atomic E-state index is 5.92. The number of benzene rings is 2. The molecule has 0 aliphatic rings. The van der Waals surface area contributed by atoms with Gasteiger partial charge in [0, 0.05) is 12.1 Å². The van der Waals surface area contributed by atoms with Crippen LogP contribution in [0.15, 0.2) is 48.5 Å². The van der Waals surface area contributed by atoms with E-state index in [1.54, 1.807) is 0 Å². The first kappa shape index (κ1) is 14.6. The molecule has 0 saturated heterocycles. The van der Waals surface area contributed by atoms with E-state index in [1.165, 1.54) is 5.56 Å². The van der Waals surface area contributed by atoms with Crippen molar-refractivity contribution < 1.29 is 4.74 Å². The molecule has 0 aromatic heterocycles. The summed E-state index contributed by atoms with van der Waals surface area (Å²) in [5.74, 6) is 0.967. The molecule has 0 aliphatic heterocycles. The third-order valence-corrected chi connectivity index (χ3v) is 3.46. The average molecular weight is 269 g/mol. The van der Waals surface area contributed by atoms with Gasteiger partial charge < -0.3 is 10.5 Å². The van der Waals surface area contributed by atoms with Gasteiger partial charge in [-0.2, -0.15) is 0 Å². The van der Waals surface area contributed by atoms with E-state index in [0.717, 1.165) is 42.7 Å². The summed E-state index contributed by atoms with van der Waals surface area (Å²) in [6.45, 7) is 3.35. The van der Waals surface area contributed by atoms with E-state index in [1.807, 2.05) is 12.1 Å². The number of ether oxygens (including phenoxy) is 1. The van der Waals surface area contributed by atoms with Crippen molar-refractivity contribution in [2.75, 3.05) is 6.61 Å². The Morgan fingerprint density at radius 3 is 2.50 bits per heavy atom. The molecular formula is C18H23NO. The lowest BCUT2D eigenvalue weighted by molar-refractivity contribution is 0.302. The topological polar surface area (TPSA) is 35.2 Å². The molecule has 0 radical (unpaired) electrons. The van der Waals surface area contributed by atoms with E-state index in [9.17, 15) is 0 Å². The highest BCUT2D eigenvalue weighted by Crippen LogP contribution is 2.23. The number of nitrogens with two attached hydrogens (primary N) is 1. The Hall–Kier alpha value is -1.80. The summed E-state index contributed by atoms with van der Waals surface area (Å²) in [5, 5.41) is 0. The van der Waals surface area contributed by atoms with Crippen molar-refractivity contribution >= 4 is 0 Å². The second kappa shape index (κ2) is 7.71. The largest absolute Gasteiger partial charge is 0.493 e. The van der Waals surface area contributed by atoms with Crippen molar-refractivity contribution in [3.05, 3.63) is 65.2 Å². The van der Waals surface area contributed by atoms with Crippen molar-refractivity contribution in [3.63, 3.8) is 0 Å². The first-order chi connectivity index (χ1) is 9.81. The molecule has 2 rings (SSSR count). The molecule has 0 spiro atoms. The van der Waals surface area contributed by atoms with E-state index in [0.29, 0.717) is 6.54 Å². The quantitative estimate of drug-likeness (QED) is 0.775. The van der Waals surface area contributed by atoms with Crippen molar-refractivity contribution in [1.29, 1.82) is 0 Å². The molecule has 0 amide bonds. The van der Waals surface area contributed by atoms with E-state index in [4.69, 9.17) is 10.5 Å². The van der Waals surface area contributed by atoms with Gasteiger partial charge in [-0.15, -0.1) is 0 Å². The van der Waals surface area contributed by atoms with Crippen LogP contribution in [0.3, 0.4) is 0 Å². The fourth-order valence-corrected chi connectivity index (χ4v) is 2.33. The first-order valence-electron chi connectivity index (χ1n) is 7.26. The Labute approximate surface area is 121 Å². The van der Waals surface area contributed by atoms with E-state index in [2.05, 4.69) is 43.3 Å². The van der Waals surface area contributed by atoms with Crippen LogP contribution in [-0.2, 0) is 13.0 Å². The Balaban J connectivity index is 1.76. The molecular weight excluding hydrogens is 246 g/mol. The van der Waals surface area contributed by atoms with E-state index < -0.39 is 0 Å². The highest BCUT2D eigenvalue weighted by molar-refractivity contribution is 5.40. The smallest absolute Gasteiger partial charge is 0.126 e. The minimum absolute atomic E-state index is 0.529. The standard InChI is InChI=1S/C18H23NO/c1-15-8-7-12-17(14-19)18(15)20-13-6-5-11-16-9-3-2-4-10-16/h2-4,7-10,12H,5-6,11,13-14,19H2,1H3. The molecule has 20 heavy (non-hydrogen) atoms. The van der Waals surface area contributed by atoms with Gasteiger partial charge in [-0.3, -0.25) is 0 Å². The van der Waals surface area contributed by atoms with Gasteiger partial charge in [-0.05, 0) is 37.3 Å². The monoisotopic (exact) mass is 269 g/mol. The highest BCUT2D eigenvalue weighted by atomic mass is 16.5. The predicted molar refractivity (Wildman–Crippen MR) is 83.9 cm³/mol. The van der Waals surface area contributed by atoms with Gasteiger partial charge in [0.25, 0.3) is 0 Å². The normalized spacial score (nSPS) is 10.5. The van der Waals surface area contributed by atoms with Crippen LogP contribution in [0.2, 0.25) is 0 Å². The van der Waals surface area contributed by atoms with Gasteiger partial charge >= 0.3 is 0 Å². The molecule has 2 aromatic rings. The zero-order chi connectivity index (χ0) is 14.2. The number of hydrogen-bond donors (Lipinski definition) is 1. The fraction of sp³-hybridized carbons (Fsp3) is 0.333. The third-order valence-electron chi connectivity index (χ3n) is 3.46. The fourth-order valence-electron chi connectivity index (χ4n) is 2.33. The minimum atomic E-state index is 0.529. The summed E-state index contributed by atoms with van der Waals surface area (Å²) >= 11 is 0. The summed E-state index contributed by atoms with van der Waals surface area (Å²) in [4.78, 5) is 0. The van der Waals surface area contributed by atoms with Crippen molar-refractivity contribution in [2.24, 2.45) is 5.73 Å². The van der Waals surface area contributed by atoms with Gasteiger partial charge in [-0.25, -0.2) is 0 Å². The van der Waals surface area contributed by atoms with Gasteiger partial charge in [0.05, 0.1) is 6.61 Å². The zero-order valence-corrected chi connectivity index (χ0v) is 12.1. The van der Waals surface area contributed by atoms with Crippen LogP contribution < -0.4 is 10.5 Å². The van der Waals surface area contributed by atoms with Gasteiger partial charge in [-0.1, -0.05) is 48.5 Å². The SMILES string of the molecule is Cc1cccc(CN)c1OCCCCc1ccccc1. The van der Waals surface area contributed by atoms with Gasteiger partial charge in [0.1, 0.15) is 5.75 Å². The van der Waals surface area contributed by atoms with Crippen LogP contribution in [0.5, 0.6) is 5.75 Å². The van der Waals surface area contributed by atoms with Crippen molar-refractivity contribution in [1.82, 2.24) is 0 Å². The van der Waals surface area contributed by atoms with Crippen molar-refractivity contribution in [3.8, 4) is 5.75 Å². The second-order valence-electron chi connectivity index (χ2n) is 5.06. The average Bonchev–Trinajstić information content (AvgIpc) is 2.49. The molecule has 0 bridgehead atoms. The molecule has 0 saturated carbocycles. The van der Waals surface area contributed by atoms with Crippen LogP contribution in [0.1, 0.15) is 29.5 Å². The summed E-state index contributed by atoms with van der Waals surface area (Å²) in [6.07, 6.45) is 3.32. The molecule has 0 aliphatic carbocycles. The third kappa shape index (κ3) is 4.10. The molecule has 2 N–H and O–H groups in total. The molecule has 0 unspecified atom stereocenters. The Morgan fingerprint density at radius 1 is 0.950 bits per heavy atom. The van der Waals surface area contributed by atoms with Crippen LogP contribution in [0.25, 0.3) is 0 Å². The Kier molecular flexibility index (Phi) is 5.63. The van der Waals surface area contributed by atoms with Crippen LogP contribution in [0, 0.1) is 6.92 Å². The number of unbranched alkanes of at least 4 members (excludes halogenated alkanes) is 1. The van der Waals surface area contributed by atoms with E-state index >= 15 is 0 Å². The first-order valence-corrected chi connectivity index (χ1v) is 7.26. The van der Waals surface area contributed by atoms with Gasteiger partial charge in [0.15, 0.2) is 0 Å². The summed E-state index contributed by atoms with van der Waals surface area (Å²) < 4.78 is 5.92. The molecule has 2 nitrogen and oxygen atoms in total. The zero-order valence-electron chi connectivity index (χ0n) is 12.1. The summed E-state index contributed by atoms with van der Waals surface area (Å²) in [5.41, 5.74) is 9.39.